The van der Waals surface area contributed by atoms with Crippen LogP contribution in [0.1, 0.15) is 21.5 Å². The van der Waals surface area contributed by atoms with Crippen LogP contribution < -0.4 is 19.6 Å². The van der Waals surface area contributed by atoms with Gasteiger partial charge in [0.2, 0.25) is 0 Å². The first-order chi connectivity index (χ1) is 14.6. The van der Waals surface area contributed by atoms with Crippen molar-refractivity contribution in [3.8, 4) is 17.2 Å². The summed E-state index contributed by atoms with van der Waals surface area (Å²) in [6.45, 7) is 0.321. The second-order valence-corrected chi connectivity index (χ2v) is 6.63. The van der Waals surface area contributed by atoms with Crippen LogP contribution in [0.4, 0.5) is 0 Å². The van der Waals surface area contributed by atoms with Gasteiger partial charge in [-0.25, -0.2) is 5.43 Å². The molecule has 0 saturated carbocycles. The number of hydrogen-bond donors (Lipinski definition) is 1. The summed E-state index contributed by atoms with van der Waals surface area (Å²) in [5, 5.41) is 4.65. The Morgan fingerprint density at radius 3 is 2.47 bits per heavy atom. The number of halogens is 1. The van der Waals surface area contributed by atoms with Crippen LogP contribution in [0.25, 0.3) is 0 Å². The third kappa shape index (κ3) is 5.52. The van der Waals surface area contributed by atoms with Crippen molar-refractivity contribution in [2.24, 2.45) is 5.10 Å². The van der Waals surface area contributed by atoms with Crippen molar-refractivity contribution in [3.05, 3.63) is 88.4 Å². The second-order valence-electron chi connectivity index (χ2n) is 6.22. The van der Waals surface area contributed by atoms with E-state index >= 15 is 0 Å². The molecule has 3 rings (SSSR count). The van der Waals surface area contributed by atoms with Crippen molar-refractivity contribution in [2.45, 2.75) is 6.61 Å². The van der Waals surface area contributed by atoms with E-state index in [-0.39, 0.29) is 5.91 Å². The van der Waals surface area contributed by atoms with E-state index < -0.39 is 0 Å². The number of nitrogens with one attached hydrogen (secondary N) is 1. The quantitative estimate of drug-likeness (QED) is 0.420. The number of ether oxygens (including phenoxy) is 3. The van der Waals surface area contributed by atoms with Crippen LogP contribution in [0, 0.1) is 0 Å². The van der Waals surface area contributed by atoms with Gasteiger partial charge in [0.05, 0.1) is 20.4 Å². The lowest BCUT2D eigenvalue weighted by Crippen LogP contribution is -2.17. The molecule has 154 valence electrons. The van der Waals surface area contributed by atoms with Crippen LogP contribution in [0.5, 0.6) is 17.2 Å². The largest absolute Gasteiger partial charge is 0.497 e. The molecular formula is C23H21ClN2O4. The first-order valence-corrected chi connectivity index (χ1v) is 9.50. The highest BCUT2D eigenvalue weighted by atomic mass is 35.5. The number of carbonyl (C=O) groups excluding carboxylic acids is 1. The van der Waals surface area contributed by atoms with Crippen LogP contribution in [-0.4, -0.2) is 26.3 Å². The Labute approximate surface area is 180 Å². The summed E-state index contributed by atoms with van der Waals surface area (Å²) in [4.78, 5) is 12.1. The molecule has 0 bridgehead atoms. The molecule has 6 nitrogen and oxygen atoms in total. The van der Waals surface area contributed by atoms with E-state index in [0.717, 1.165) is 11.1 Å². The maximum atomic E-state index is 12.1. The molecule has 0 radical (unpaired) electrons. The summed E-state index contributed by atoms with van der Waals surface area (Å²) in [5.74, 6) is 1.49. The number of methoxy groups -OCH3 is 2. The highest BCUT2D eigenvalue weighted by Gasteiger charge is 2.08. The van der Waals surface area contributed by atoms with Crippen LogP contribution in [0.3, 0.4) is 0 Å². The number of nitrogens with zero attached hydrogens (tertiary/aromatic N) is 1. The lowest BCUT2D eigenvalue weighted by molar-refractivity contribution is 0.0955. The molecule has 0 saturated heterocycles. The van der Waals surface area contributed by atoms with Gasteiger partial charge in [-0.1, -0.05) is 29.8 Å². The average Bonchev–Trinajstić information content (AvgIpc) is 2.79. The Morgan fingerprint density at radius 1 is 1.00 bits per heavy atom. The van der Waals surface area contributed by atoms with Crippen LogP contribution in [-0.2, 0) is 6.61 Å². The molecule has 7 heteroatoms. The summed E-state index contributed by atoms with van der Waals surface area (Å²) in [6, 6.07) is 19.6. The molecule has 1 amide bonds. The monoisotopic (exact) mass is 424 g/mol. The van der Waals surface area contributed by atoms with Crippen molar-refractivity contribution in [3.63, 3.8) is 0 Å². The first-order valence-electron chi connectivity index (χ1n) is 9.12. The number of hydrogen-bond acceptors (Lipinski definition) is 5. The van der Waals surface area contributed by atoms with Crippen molar-refractivity contribution in [2.75, 3.05) is 14.2 Å². The number of rotatable bonds is 8. The molecule has 3 aromatic carbocycles. The van der Waals surface area contributed by atoms with Gasteiger partial charge >= 0.3 is 0 Å². The zero-order valence-electron chi connectivity index (χ0n) is 16.6. The Balaban J connectivity index is 1.62. The summed E-state index contributed by atoms with van der Waals surface area (Å²) >= 11 is 6.16. The minimum Gasteiger partial charge on any atom is -0.497 e. The van der Waals surface area contributed by atoms with E-state index in [0.29, 0.717) is 34.4 Å². The fourth-order valence-corrected chi connectivity index (χ4v) is 2.82. The van der Waals surface area contributed by atoms with Gasteiger partial charge in [0.1, 0.15) is 12.4 Å². The van der Waals surface area contributed by atoms with Crippen LogP contribution in [0.2, 0.25) is 5.02 Å². The zero-order chi connectivity index (χ0) is 21.3. The molecule has 3 aromatic rings. The number of hydrazone groups is 1. The SMILES string of the molecule is COc1ccc(C(=O)N/N=C\c2ccc(OCc3ccccc3Cl)c(OC)c2)cc1. The predicted molar refractivity (Wildman–Crippen MR) is 117 cm³/mol. The zero-order valence-corrected chi connectivity index (χ0v) is 17.3. The molecule has 0 spiro atoms. The van der Waals surface area contributed by atoms with Gasteiger partial charge in [-0.05, 0) is 54.1 Å². The Bertz CT molecular complexity index is 1040. The maximum absolute atomic E-state index is 12.1. The minimum atomic E-state index is -0.319. The van der Waals surface area contributed by atoms with E-state index in [1.54, 1.807) is 50.6 Å². The van der Waals surface area contributed by atoms with Gasteiger partial charge in [0.25, 0.3) is 5.91 Å². The standard InChI is InChI=1S/C23H21ClN2O4/c1-28-19-10-8-17(9-11-19)23(27)26-25-14-16-7-12-21(22(13-16)29-2)30-15-18-5-3-4-6-20(18)24/h3-14H,15H2,1-2H3,(H,26,27)/b25-14-. The van der Waals surface area contributed by atoms with E-state index in [1.165, 1.54) is 6.21 Å². The molecule has 0 aliphatic rings. The Kier molecular flexibility index (Phi) is 7.29. The second kappa shape index (κ2) is 10.3. The molecule has 0 aromatic heterocycles. The Hall–Kier alpha value is -3.51. The van der Waals surface area contributed by atoms with E-state index in [4.69, 9.17) is 25.8 Å². The van der Waals surface area contributed by atoms with Crippen molar-refractivity contribution in [1.82, 2.24) is 5.43 Å². The molecule has 0 aliphatic carbocycles. The molecule has 0 atom stereocenters. The van der Waals surface area contributed by atoms with Gasteiger partial charge < -0.3 is 14.2 Å². The summed E-state index contributed by atoms with van der Waals surface area (Å²) in [7, 11) is 3.13. The van der Waals surface area contributed by atoms with Gasteiger partial charge in [0, 0.05) is 16.1 Å². The molecule has 0 aliphatic heterocycles. The van der Waals surface area contributed by atoms with Crippen molar-refractivity contribution >= 4 is 23.7 Å². The van der Waals surface area contributed by atoms with E-state index in [9.17, 15) is 4.79 Å². The fourth-order valence-electron chi connectivity index (χ4n) is 2.63. The summed E-state index contributed by atoms with van der Waals surface area (Å²) in [6.07, 6.45) is 1.53. The smallest absolute Gasteiger partial charge is 0.271 e. The lowest BCUT2D eigenvalue weighted by Gasteiger charge is -2.12. The number of amides is 1. The normalized spacial score (nSPS) is 10.6. The number of benzene rings is 3. The topological polar surface area (TPSA) is 69.2 Å². The highest BCUT2D eigenvalue weighted by Crippen LogP contribution is 2.29. The predicted octanol–water partition coefficient (Wildman–Crippen LogP) is 4.70. The molecule has 0 fully saturated rings. The Morgan fingerprint density at radius 2 is 1.77 bits per heavy atom. The molecule has 0 heterocycles. The molecule has 30 heavy (non-hydrogen) atoms. The summed E-state index contributed by atoms with van der Waals surface area (Å²) < 4.78 is 16.3. The van der Waals surface area contributed by atoms with Crippen LogP contribution >= 0.6 is 11.6 Å². The lowest BCUT2D eigenvalue weighted by atomic mass is 10.2. The van der Waals surface area contributed by atoms with E-state index in [1.807, 2.05) is 30.3 Å². The number of carbonyl (C=O) groups is 1. The van der Waals surface area contributed by atoms with Crippen LogP contribution in [0.15, 0.2) is 71.8 Å². The van der Waals surface area contributed by atoms with Gasteiger partial charge in [0.15, 0.2) is 11.5 Å². The third-order valence-electron chi connectivity index (χ3n) is 4.26. The fraction of sp³-hybridized carbons (Fsp3) is 0.130. The maximum Gasteiger partial charge on any atom is 0.271 e. The van der Waals surface area contributed by atoms with Gasteiger partial charge in [-0.3, -0.25) is 4.79 Å². The third-order valence-corrected chi connectivity index (χ3v) is 4.63. The average molecular weight is 425 g/mol. The minimum absolute atomic E-state index is 0.319. The van der Waals surface area contributed by atoms with Gasteiger partial charge in [-0.2, -0.15) is 5.10 Å². The molecular weight excluding hydrogens is 404 g/mol. The van der Waals surface area contributed by atoms with E-state index in [2.05, 4.69) is 10.5 Å². The first kappa shape index (κ1) is 21.2. The summed E-state index contributed by atoms with van der Waals surface area (Å²) in [5.41, 5.74) is 4.60. The highest BCUT2D eigenvalue weighted by molar-refractivity contribution is 6.31. The molecule has 1 N–H and O–H groups in total. The van der Waals surface area contributed by atoms with Crippen molar-refractivity contribution in [1.29, 1.82) is 0 Å². The van der Waals surface area contributed by atoms with Gasteiger partial charge in [-0.15, -0.1) is 0 Å². The van der Waals surface area contributed by atoms with Crippen molar-refractivity contribution < 1.29 is 19.0 Å². The molecule has 0 unspecified atom stereocenters.